The molecule has 2 rings (SSSR count). The summed E-state index contributed by atoms with van der Waals surface area (Å²) in [4.78, 5) is 4.77. The highest BCUT2D eigenvalue weighted by Crippen LogP contribution is 2.18. The lowest BCUT2D eigenvalue weighted by atomic mass is 10.1. The van der Waals surface area contributed by atoms with Gasteiger partial charge in [0, 0.05) is 38.2 Å². The second kappa shape index (κ2) is 5.67. The first kappa shape index (κ1) is 12.6. The Morgan fingerprint density at radius 2 is 2.24 bits per heavy atom. The minimum atomic E-state index is 0.807. The fraction of sp³-hybridized carbons (Fsp3) is 0.786. The molecule has 1 aromatic rings. The minimum Gasteiger partial charge on any atom is -0.332 e. The summed E-state index contributed by atoms with van der Waals surface area (Å²) in [6.45, 7) is 10.0. The normalized spacial score (nSPS) is 15.3. The molecule has 0 atom stereocenters. The van der Waals surface area contributed by atoms with Crippen molar-refractivity contribution >= 4 is 0 Å². The molecule has 1 aliphatic rings. The Labute approximate surface area is 105 Å². The second-order valence-electron chi connectivity index (χ2n) is 5.39. The maximum absolute atomic E-state index is 4.77. The van der Waals surface area contributed by atoms with Crippen LogP contribution < -0.4 is 5.32 Å². The van der Waals surface area contributed by atoms with Crippen molar-refractivity contribution in [2.24, 2.45) is 5.92 Å². The summed E-state index contributed by atoms with van der Waals surface area (Å²) >= 11 is 0. The van der Waals surface area contributed by atoms with Crippen molar-refractivity contribution in [3.8, 4) is 0 Å². The topological polar surface area (TPSA) is 29.9 Å². The predicted octanol–water partition coefficient (Wildman–Crippen LogP) is 2.53. The molecular formula is C14H25N3. The van der Waals surface area contributed by atoms with Crippen molar-refractivity contribution in [1.82, 2.24) is 14.9 Å². The van der Waals surface area contributed by atoms with Gasteiger partial charge in [-0.05, 0) is 18.8 Å². The number of aromatic nitrogens is 2. The third-order valence-corrected chi connectivity index (χ3v) is 3.54. The Kier molecular flexibility index (Phi) is 4.21. The van der Waals surface area contributed by atoms with E-state index in [4.69, 9.17) is 4.98 Å². The number of imidazole rings is 1. The van der Waals surface area contributed by atoms with E-state index in [0.29, 0.717) is 0 Å². The summed E-state index contributed by atoms with van der Waals surface area (Å²) in [5, 5.41) is 3.40. The van der Waals surface area contributed by atoms with Crippen LogP contribution >= 0.6 is 0 Å². The zero-order chi connectivity index (χ0) is 12.3. The molecule has 3 nitrogen and oxygen atoms in total. The molecule has 1 N–H and O–H groups in total. The molecule has 3 heteroatoms. The van der Waals surface area contributed by atoms with E-state index in [2.05, 4.69) is 30.7 Å². The van der Waals surface area contributed by atoms with E-state index < -0.39 is 0 Å². The van der Waals surface area contributed by atoms with Crippen molar-refractivity contribution in [3.05, 3.63) is 17.2 Å². The van der Waals surface area contributed by atoms with Gasteiger partial charge in [0.15, 0.2) is 0 Å². The van der Waals surface area contributed by atoms with E-state index in [1.165, 1.54) is 30.1 Å². The number of rotatable bonds is 5. The lowest BCUT2D eigenvalue weighted by Gasteiger charge is -2.16. The van der Waals surface area contributed by atoms with E-state index in [-0.39, 0.29) is 0 Å². The van der Waals surface area contributed by atoms with Crippen LogP contribution in [0.4, 0.5) is 0 Å². The highest BCUT2D eigenvalue weighted by atomic mass is 15.1. The average molecular weight is 235 g/mol. The summed E-state index contributed by atoms with van der Waals surface area (Å²) < 4.78 is 2.48. The highest BCUT2D eigenvalue weighted by Gasteiger charge is 2.18. The zero-order valence-electron chi connectivity index (χ0n) is 11.4. The SMILES string of the molecule is CCc1nc2c(n1CCCC(C)C)CCNC2. The smallest absolute Gasteiger partial charge is 0.108 e. The van der Waals surface area contributed by atoms with Gasteiger partial charge in [-0.3, -0.25) is 0 Å². The van der Waals surface area contributed by atoms with Crippen molar-refractivity contribution in [3.63, 3.8) is 0 Å². The lowest BCUT2D eigenvalue weighted by molar-refractivity contribution is 0.491. The summed E-state index contributed by atoms with van der Waals surface area (Å²) in [5.74, 6) is 2.09. The fourth-order valence-electron chi connectivity index (χ4n) is 2.62. The van der Waals surface area contributed by atoms with E-state index in [1.807, 2.05) is 0 Å². The molecule has 2 heterocycles. The third-order valence-electron chi connectivity index (χ3n) is 3.54. The van der Waals surface area contributed by atoms with Crippen LogP contribution in [0.15, 0.2) is 0 Å². The quantitative estimate of drug-likeness (QED) is 0.850. The van der Waals surface area contributed by atoms with Crippen molar-refractivity contribution in [1.29, 1.82) is 0 Å². The van der Waals surface area contributed by atoms with Crippen LogP contribution in [0.2, 0.25) is 0 Å². The molecule has 17 heavy (non-hydrogen) atoms. The predicted molar refractivity (Wildman–Crippen MR) is 71.1 cm³/mol. The Hall–Kier alpha value is -0.830. The maximum atomic E-state index is 4.77. The second-order valence-corrected chi connectivity index (χ2v) is 5.39. The van der Waals surface area contributed by atoms with Crippen LogP contribution in [-0.4, -0.2) is 16.1 Å². The summed E-state index contributed by atoms with van der Waals surface area (Å²) in [6, 6.07) is 0. The monoisotopic (exact) mass is 235 g/mol. The maximum Gasteiger partial charge on any atom is 0.108 e. The minimum absolute atomic E-state index is 0.807. The number of nitrogens with one attached hydrogen (secondary N) is 1. The Morgan fingerprint density at radius 3 is 2.94 bits per heavy atom. The molecule has 0 radical (unpaired) electrons. The molecule has 96 valence electrons. The van der Waals surface area contributed by atoms with Gasteiger partial charge in [-0.2, -0.15) is 0 Å². The van der Waals surface area contributed by atoms with Gasteiger partial charge in [0.05, 0.1) is 5.69 Å². The fourth-order valence-corrected chi connectivity index (χ4v) is 2.62. The summed E-state index contributed by atoms with van der Waals surface area (Å²) in [6.07, 6.45) is 4.79. The first-order chi connectivity index (χ1) is 8.22. The number of aryl methyl sites for hydroxylation is 1. The van der Waals surface area contributed by atoms with Gasteiger partial charge in [0.1, 0.15) is 5.82 Å². The zero-order valence-corrected chi connectivity index (χ0v) is 11.4. The molecule has 0 saturated heterocycles. The molecule has 0 spiro atoms. The number of fused-ring (bicyclic) bond motifs is 1. The van der Waals surface area contributed by atoms with Crippen LogP contribution in [0.25, 0.3) is 0 Å². The molecule has 0 amide bonds. The van der Waals surface area contributed by atoms with Crippen molar-refractivity contribution < 1.29 is 0 Å². The summed E-state index contributed by atoms with van der Waals surface area (Å²) in [7, 11) is 0. The molecule has 1 aliphatic heterocycles. The van der Waals surface area contributed by atoms with E-state index >= 15 is 0 Å². The molecular weight excluding hydrogens is 210 g/mol. The van der Waals surface area contributed by atoms with E-state index in [1.54, 1.807) is 0 Å². The Bertz CT molecular complexity index is 366. The van der Waals surface area contributed by atoms with Gasteiger partial charge >= 0.3 is 0 Å². The first-order valence-electron chi connectivity index (χ1n) is 7.00. The van der Waals surface area contributed by atoms with Crippen molar-refractivity contribution in [2.75, 3.05) is 6.54 Å². The van der Waals surface area contributed by atoms with E-state index in [0.717, 1.165) is 38.4 Å². The lowest BCUT2D eigenvalue weighted by Crippen LogP contribution is -2.25. The highest BCUT2D eigenvalue weighted by molar-refractivity contribution is 5.20. The van der Waals surface area contributed by atoms with Crippen LogP contribution in [0.5, 0.6) is 0 Å². The van der Waals surface area contributed by atoms with Gasteiger partial charge < -0.3 is 9.88 Å². The number of hydrogen-bond acceptors (Lipinski definition) is 2. The molecule has 0 bridgehead atoms. The standard InChI is InChI=1S/C14H25N3/c1-4-14-16-12-10-15-8-7-13(12)17(14)9-5-6-11(2)3/h11,15H,4-10H2,1-3H3. The van der Waals surface area contributed by atoms with Gasteiger partial charge in [0.2, 0.25) is 0 Å². The Morgan fingerprint density at radius 1 is 1.41 bits per heavy atom. The van der Waals surface area contributed by atoms with Crippen LogP contribution in [0.1, 0.15) is 50.8 Å². The van der Waals surface area contributed by atoms with Crippen LogP contribution in [-0.2, 0) is 25.9 Å². The first-order valence-corrected chi connectivity index (χ1v) is 7.00. The van der Waals surface area contributed by atoms with Gasteiger partial charge in [-0.1, -0.05) is 20.8 Å². The average Bonchev–Trinajstić information content (AvgIpc) is 2.67. The molecule has 1 aromatic heterocycles. The Balaban J connectivity index is 2.10. The molecule has 0 aromatic carbocycles. The molecule has 0 aliphatic carbocycles. The third kappa shape index (κ3) is 2.89. The van der Waals surface area contributed by atoms with Gasteiger partial charge in [-0.15, -0.1) is 0 Å². The molecule has 0 unspecified atom stereocenters. The number of nitrogens with zero attached hydrogens (tertiary/aromatic N) is 2. The largest absolute Gasteiger partial charge is 0.332 e. The molecule has 0 saturated carbocycles. The van der Waals surface area contributed by atoms with Crippen molar-refractivity contribution in [2.45, 2.75) is 59.5 Å². The van der Waals surface area contributed by atoms with E-state index in [9.17, 15) is 0 Å². The van der Waals surface area contributed by atoms with Crippen LogP contribution in [0, 0.1) is 5.92 Å². The van der Waals surface area contributed by atoms with Gasteiger partial charge in [-0.25, -0.2) is 4.98 Å². The molecule has 0 fully saturated rings. The summed E-state index contributed by atoms with van der Waals surface area (Å²) in [5.41, 5.74) is 2.78. The number of hydrogen-bond donors (Lipinski definition) is 1. The van der Waals surface area contributed by atoms with Crippen LogP contribution in [0.3, 0.4) is 0 Å². The van der Waals surface area contributed by atoms with Gasteiger partial charge in [0.25, 0.3) is 0 Å².